The first kappa shape index (κ1) is 14.3. The van der Waals surface area contributed by atoms with E-state index < -0.39 is 5.97 Å². The van der Waals surface area contributed by atoms with Gasteiger partial charge in [0.2, 0.25) is 0 Å². The first-order chi connectivity index (χ1) is 9.65. The number of amides is 1. The zero-order valence-electron chi connectivity index (χ0n) is 11.1. The van der Waals surface area contributed by atoms with Gasteiger partial charge in [-0.15, -0.1) is 11.3 Å². The lowest BCUT2D eigenvalue weighted by Gasteiger charge is -2.06. The summed E-state index contributed by atoms with van der Waals surface area (Å²) in [5.41, 5.74) is 2.05. The number of ether oxygens (including phenoxy) is 1. The summed E-state index contributed by atoms with van der Waals surface area (Å²) in [6.45, 7) is 2.07. The first-order valence-corrected chi connectivity index (χ1v) is 7.06. The average molecular weight is 289 g/mol. The highest BCUT2D eigenvalue weighted by atomic mass is 32.1. The number of carbonyl (C=O) groups excluding carboxylic acids is 2. The van der Waals surface area contributed by atoms with Crippen LogP contribution in [0.2, 0.25) is 0 Å². The molecule has 1 heterocycles. The van der Waals surface area contributed by atoms with Gasteiger partial charge in [-0.25, -0.2) is 0 Å². The largest absolute Gasteiger partial charge is 0.460 e. The quantitative estimate of drug-likeness (QED) is 0.861. The molecule has 0 aliphatic heterocycles. The zero-order chi connectivity index (χ0) is 14.4. The van der Waals surface area contributed by atoms with Crippen molar-refractivity contribution in [3.05, 3.63) is 57.8 Å². The number of carbonyl (C=O) groups is 2. The number of hydrogen-bond donors (Lipinski definition) is 1. The Bertz CT molecular complexity index is 593. The van der Waals surface area contributed by atoms with Crippen LogP contribution in [-0.4, -0.2) is 18.4 Å². The molecule has 1 aromatic heterocycles. The van der Waals surface area contributed by atoms with E-state index in [1.165, 1.54) is 11.3 Å². The molecule has 20 heavy (non-hydrogen) atoms. The van der Waals surface area contributed by atoms with Gasteiger partial charge in [-0.1, -0.05) is 35.9 Å². The number of thiophene rings is 1. The minimum Gasteiger partial charge on any atom is -0.460 e. The van der Waals surface area contributed by atoms with Crippen LogP contribution in [0.15, 0.2) is 41.8 Å². The van der Waals surface area contributed by atoms with Gasteiger partial charge in [0, 0.05) is 0 Å². The highest BCUT2D eigenvalue weighted by molar-refractivity contribution is 7.12. The van der Waals surface area contributed by atoms with Crippen molar-refractivity contribution in [1.82, 2.24) is 5.32 Å². The van der Waals surface area contributed by atoms with Crippen LogP contribution in [-0.2, 0) is 16.1 Å². The van der Waals surface area contributed by atoms with Crippen molar-refractivity contribution in [3.8, 4) is 0 Å². The molecule has 0 aliphatic rings. The fourth-order valence-electron chi connectivity index (χ4n) is 1.66. The third-order valence-corrected chi connectivity index (χ3v) is 3.49. The number of nitrogens with one attached hydrogen (secondary N) is 1. The van der Waals surface area contributed by atoms with Gasteiger partial charge in [0.1, 0.15) is 13.2 Å². The van der Waals surface area contributed by atoms with Gasteiger partial charge in [0.25, 0.3) is 5.91 Å². The number of benzene rings is 1. The van der Waals surface area contributed by atoms with E-state index in [1.807, 2.05) is 36.6 Å². The van der Waals surface area contributed by atoms with Crippen LogP contribution in [0.25, 0.3) is 0 Å². The Balaban J connectivity index is 1.74. The van der Waals surface area contributed by atoms with Gasteiger partial charge in [-0.05, 0) is 23.9 Å². The monoisotopic (exact) mass is 289 g/mol. The van der Waals surface area contributed by atoms with Gasteiger partial charge >= 0.3 is 5.97 Å². The maximum atomic E-state index is 11.6. The van der Waals surface area contributed by atoms with E-state index in [0.717, 1.165) is 11.1 Å². The Kier molecular flexibility index (Phi) is 4.90. The van der Waals surface area contributed by atoms with E-state index in [9.17, 15) is 9.59 Å². The summed E-state index contributed by atoms with van der Waals surface area (Å²) < 4.78 is 5.10. The van der Waals surface area contributed by atoms with Crippen molar-refractivity contribution >= 4 is 23.2 Å². The van der Waals surface area contributed by atoms with Crippen molar-refractivity contribution in [1.29, 1.82) is 0 Å². The molecule has 0 saturated heterocycles. The Morgan fingerprint density at radius 3 is 2.80 bits per heavy atom. The van der Waals surface area contributed by atoms with Crippen LogP contribution in [0.5, 0.6) is 0 Å². The van der Waals surface area contributed by atoms with Crippen LogP contribution in [0.3, 0.4) is 0 Å². The van der Waals surface area contributed by atoms with Crippen molar-refractivity contribution in [3.63, 3.8) is 0 Å². The molecule has 4 nitrogen and oxygen atoms in total. The van der Waals surface area contributed by atoms with E-state index in [1.54, 1.807) is 12.1 Å². The third-order valence-electron chi connectivity index (χ3n) is 2.62. The number of hydrogen-bond acceptors (Lipinski definition) is 4. The smallest absolute Gasteiger partial charge is 0.325 e. The molecule has 0 aliphatic carbocycles. The lowest BCUT2D eigenvalue weighted by Crippen LogP contribution is -2.30. The summed E-state index contributed by atoms with van der Waals surface area (Å²) in [5.74, 6) is -0.705. The molecular formula is C15H15NO3S. The molecule has 1 aromatic carbocycles. The Hall–Kier alpha value is -2.14. The summed E-state index contributed by atoms with van der Waals surface area (Å²) in [4.78, 5) is 23.7. The van der Waals surface area contributed by atoms with Crippen LogP contribution >= 0.6 is 11.3 Å². The van der Waals surface area contributed by atoms with Crippen LogP contribution in [0, 0.1) is 6.92 Å². The summed E-state index contributed by atoms with van der Waals surface area (Å²) in [6.07, 6.45) is 0. The second-order valence-electron chi connectivity index (χ2n) is 4.31. The Morgan fingerprint density at radius 2 is 2.10 bits per heavy atom. The molecule has 5 heteroatoms. The van der Waals surface area contributed by atoms with Crippen molar-refractivity contribution in [2.24, 2.45) is 0 Å². The molecule has 104 valence electrons. The van der Waals surface area contributed by atoms with Gasteiger partial charge in [0.05, 0.1) is 4.88 Å². The normalized spacial score (nSPS) is 10.1. The molecule has 0 spiro atoms. The van der Waals surface area contributed by atoms with E-state index in [-0.39, 0.29) is 19.1 Å². The fraction of sp³-hybridized carbons (Fsp3) is 0.200. The summed E-state index contributed by atoms with van der Waals surface area (Å²) in [6, 6.07) is 11.2. The molecule has 0 fully saturated rings. The molecule has 2 aromatic rings. The molecular weight excluding hydrogens is 274 g/mol. The second kappa shape index (κ2) is 6.86. The van der Waals surface area contributed by atoms with Gasteiger partial charge in [0.15, 0.2) is 0 Å². The van der Waals surface area contributed by atoms with E-state index in [2.05, 4.69) is 5.32 Å². The number of rotatable bonds is 5. The molecule has 0 unspecified atom stereocenters. The lowest BCUT2D eigenvalue weighted by atomic mass is 10.1. The lowest BCUT2D eigenvalue weighted by molar-refractivity contribution is -0.143. The minimum atomic E-state index is -0.448. The maximum absolute atomic E-state index is 11.6. The van der Waals surface area contributed by atoms with Gasteiger partial charge < -0.3 is 10.1 Å². The van der Waals surface area contributed by atoms with Crippen LogP contribution in [0.1, 0.15) is 20.8 Å². The number of aryl methyl sites for hydroxylation is 1. The van der Waals surface area contributed by atoms with Crippen LogP contribution in [0.4, 0.5) is 0 Å². The molecule has 1 N–H and O–H groups in total. The topological polar surface area (TPSA) is 55.4 Å². The highest BCUT2D eigenvalue weighted by Gasteiger charge is 2.09. The molecule has 2 rings (SSSR count). The van der Waals surface area contributed by atoms with E-state index in [4.69, 9.17) is 4.74 Å². The molecule has 0 radical (unpaired) electrons. The van der Waals surface area contributed by atoms with E-state index >= 15 is 0 Å². The summed E-state index contributed by atoms with van der Waals surface area (Å²) in [5, 5.41) is 4.34. The van der Waals surface area contributed by atoms with Crippen molar-refractivity contribution in [2.45, 2.75) is 13.5 Å². The summed E-state index contributed by atoms with van der Waals surface area (Å²) >= 11 is 1.33. The molecule has 1 amide bonds. The first-order valence-electron chi connectivity index (χ1n) is 6.18. The molecule has 0 saturated carbocycles. The standard InChI is InChI=1S/C15H15NO3S/c1-11-4-2-5-12(8-11)10-19-14(17)9-16-15(18)13-6-3-7-20-13/h2-8H,9-10H2,1H3,(H,16,18). The molecule has 0 bridgehead atoms. The molecule has 0 atom stereocenters. The highest BCUT2D eigenvalue weighted by Crippen LogP contribution is 2.08. The average Bonchev–Trinajstić information content (AvgIpc) is 2.97. The third kappa shape index (κ3) is 4.20. The predicted molar refractivity (Wildman–Crippen MR) is 77.6 cm³/mol. The predicted octanol–water partition coefficient (Wildman–Crippen LogP) is 2.53. The Morgan fingerprint density at radius 1 is 1.25 bits per heavy atom. The van der Waals surface area contributed by atoms with E-state index in [0.29, 0.717) is 4.88 Å². The fourth-order valence-corrected chi connectivity index (χ4v) is 2.30. The maximum Gasteiger partial charge on any atom is 0.325 e. The zero-order valence-corrected chi connectivity index (χ0v) is 11.9. The SMILES string of the molecule is Cc1cccc(COC(=O)CNC(=O)c2cccs2)c1. The van der Waals surface area contributed by atoms with Gasteiger partial charge in [-0.2, -0.15) is 0 Å². The summed E-state index contributed by atoms with van der Waals surface area (Å²) in [7, 11) is 0. The van der Waals surface area contributed by atoms with Gasteiger partial charge in [-0.3, -0.25) is 9.59 Å². The second-order valence-corrected chi connectivity index (χ2v) is 5.26. The van der Waals surface area contributed by atoms with Crippen molar-refractivity contribution < 1.29 is 14.3 Å². The van der Waals surface area contributed by atoms with Crippen molar-refractivity contribution in [2.75, 3.05) is 6.54 Å². The minimum absolute atomic E-state index is 0.122. The van der Waals surface area contributed by atoms with Crippen LogP contribution < -0.4 is 5.32 Å². The Labute approximate surface area is 121 Å². The number of esters is 1.